The molecule has 0 amide bonds. The van der Waals surface area contributed by atoms with Gasteiger partial charge in [0.2, 0.25) is 0 Å². The van der Waals surface area contributed by atoms with E-state index in [9.17, 15) is 0 Å². The molecule has 2 heterocycles. The lowest BCUT2D eigenvalue weighted by Crippen LogP contribution is -2.12. The Bertz CT molecular complexity index is 574. The molecule has 1 aliphatic carbocycles. The molecule has 0 aromatic carbocycles. The second-order valence-electron chi connectivity index (χ2n) is 5.21. The smallest absolute Gasteiger partial charge is 0.255 e. The van der Waals surface area contributed by atoms with Crippen molar-refractivity contribution in [1.82, 2.24) is 19.6 Å². The highest BCUT2D eigenvalue weighted by atomic mass is 35.5. The second kappa shape index (κ2) is 5.33. The van der Waals surface area contributed by atoms with Gasteiger partial charge in [0, 0.05) is 12.1 Å². The lowest BCUT2D eigenvalue weighted by Gasteiger charge is -2.13. The van der Waals surface area contributed by atoms with E-state index >= 15 is 0 Å². The Kier molecular flexibility index (Phi) is 3.55. The maximum absolute atomic E-state index is 6.12. The summed E-state index contributed by atoms with van der Waals surface area (Å²) in [6.07, 6.45) is 8.22. The van der Waals surface area contributed by atoms with E-state index in [4.69, 9.17) is 11.6 Å². The number of nitrogens with zero attached hydrogens (tertiary/aromatic N) is 4. The summed E-state index contributed by atoms with van der Waals surface area (Å²) in [4.78, 5) is 8.28. The van der Waals surface area contributed by atoms with E-state index in [-0.39, 0.29) is 0 Å². The van der Waals surface area contributed by atoms with Crippen LogP contribution in [0.5, 0.6) is 0 Å². The van der Waals surface area contributed by atoms with Gasteiger partial charge in [-0.3, -0.25) is 0 Å². The number of nitrogens with one attached hydrogen (secondary N) is 1. The SMILES string of the molecule is Cc1c(Cl)nc2ncnn2c1NCCC1CCCC1. The van der Waals surface area contributed by atoms with Crippen molar-refractivity contribution in [2.75, 3.05) is 11.9 Å². The van der Waals surface area contributed by atoms with E-state index < -0.39 is 0 Å². The van der Waals surface area contributed by atoms with Crippen LogP contribution in [0.4, 0.5) is 5.82 Å². The van der Waals surface area contributed by atoms with Crippen molar-refractivity contribution in [3.05, 3.63) is 17.0 Å². The zero-order valence-electron chi connectivity index (χ0n) is 11.1. The molecule has 0 atom stereocenters. The minimum absolute atomic E-state index is 0.490. The molecule has 102 valence electrons. The van der Waals surface area contributed by atoms with Gasteiger partial charge in [0.15, 0.2) is 0 Å². The Morgan fingerprint density at radius 1 is 1.42 bits per heavy atom. The lowest BCUT2D eigenvalue weighted by molar-refractivity contribution is 0.518. The maximum Gasteiger partial charge on any atom is 0.255 e. The molecule has 3 rings (SSSR count). The van der Waals surface area contributed by atoms with Crippen LogP contribution in [0.15, 0.2) is 6.33 Å². The van der Waals surface area contributed by atoms with Crippen LogP contribution in [-0.4, -0.2) is 26.1 Å². The van der Waals surface area contributed by atoms with Crippen molar-refractivity contribution in [2.45, 2.75) is 39.0 Å². The summed E-state index contributed by atoms with van der Waals surface area (Å²) < 4.78 is 1.72. The molecule has 0 radical (unpaired) electrons. The molecule has 1 aliphatic rings. The molecule has 0 spiro atoms. The standard InChI is InChI=1S/C13H18ClN5/c1-9-11(14)18-13-16-8-17-19(13)12(9)15-7-6-10-4-2-3-5-10/h8,10,15H,2-7H2,1H3. The van der Waals surface area contributed by atoms with Gasteiger partial charge in [-0.25, -0.2) is 0 Å². The van der Waals surface area contributed by atoms with Gasteiger partial charge < -0.3 is 5.32 Å². The normalized spacial score (nSPS) is 16.3. The Labute approximate surface area is 117 Å². The molecular weight excluding hydrogens is 262 g/mol. The van der Waals surface area contributed by atoms with E-state index in [1.54, 1.807) is 4.52 Å². The Balaban J connectivity index is 1.75. The van der Waals surface area contributed by atoms with Gasteiger partial charge in [0.25, 0.3) is 5.78 Å². The predicted octanol–water partition coefficient (Wildman–Crippen LogP) is 3.08. The Morgan fingerprint density at radius 2 is 2.21 bits per heavy atom. The van der Waals surface area contributed by atoms with Gasteiger partial charge in [-0.2, -0.15) is 19.6 Å². The summed E-state index contributed by atoms with van der Waals surface area (Å²) in [6.45, 7) is 2.90. The van der Waals surface area contributed by atoms with Gasteiger partial charge in [-0.05, 0) is 19.3 Å². The molecule has 1 saturated carbocycles. The molecule has 0 aliphatic heterocycles. The van der Waals surface area contributed by atoms with Crippen molar-refractivity contribution >= 4 is 23.2 Å². The Hall–Kier alpha value is -1.36. The van der Waals surface area contributed by atoms with Gasteiger partial charge in [-0.1, -0.05) is 37.3 Å². The van der Waals surface area contributed by atoms with Crippen molar-refractivity contribution in [3.8, 4) is 0 Å². The van der Waals surface area contributed by atoms with E-state index in [0.717, 1.165) is 23.8 Å². The first-order valence-electron chi connectivity index (χ1n) is 6.85. The second-order valence-corrected chi connectivity index (χ2v) is 5.57. The molecule has 0 bridgehead atoms. The number of hydrogen-bond acceptors (Lipinski definition) is 4. The van der Waals surface area contributed by atoms with E-state index in [1.807, 2.05) is 6.92 Å². The zero-order chi connectivity index (χ0) is 13.2. The number of fused-ring (bicyclic) bond motifs is 1. The fourth-order valence-electron chi connectivity index (χ4n) is 2.80. The maximum atomic E-state index is 6.12. The summed E-state index contributed by atoms with van der Waals surface area (Å²) in [7, 11) is 0. The van der Waals surface area contributed by atoms with Crippen LogP contribution in [0.1, 0.15) is 37.7 Å². The summed E-state index contributed by atoms with van der Waals surface area (Å²) in [5, 5.41) is 8.13. The summed E-state index contributed by atoms with van der Waals surface area (Å²) >= 11 is 6.12. The van der Waals surface area contributed by atoms with Crippen molar-refractivity contribution in [2.24, 2.45) is 5.92 Å². The summed E-state index contributed by atoms with van der Waals surface area (Å²) in [6, 6.07) is 0. The summed E-state index contributed by atoms with van der Waals surface area (Å²) in [5.74, 6) is 2.32. The molecule has 1 fully saturated rings. The quantitative estimate of drug-likeness (QED) is 0.874. The fourth-order valence-corrected chi connectivity index (χ4v) is 2.96. The van der Waals surface area contributed by atoms with E-state index in [0.29, 0.717) is 10.9 Å². The van der Waals surface area contributed by atoms with E-state index in [2.05, 4.69) is 20.4 Å². The fraction of sp³-hybridized carbons (Fsp3) is 0.615. The van der Waals surface area contributed by atoms with Gasteiger partial charge >= 0.3 is 0 Å². The molecule has 19 heavy (non-hydrogen) atoms. The average molecular weight is 280 g/mol. The Morgan fingerprint density at radius 3 is 3.00 bits per heavy atom. The highest BCUT2D eigenvalue weighted by Crippen LogP contribution is 2.28. The largest absolute Gasteiger partial charge is 0.370 e. The first kappa shape index (κ1) is 12.7. The highest BCUT2D eigenvalue weighted by molar-refractivity contribution is 6.30. The predicted molar refractivity (Wildman–Crippen MR) is 75.6 cm³/mol. The van der Waals surface area contributed by atoms with E-state index in [1.165, 1.54) is 38.4 Å². The average Bonchev–Trinajstić information content (AvgIpc) is 3.04. The van der Waals surface area contributed by atoms with Crippen LogP contribution in [-0.2, 0) is 0 Å². The molecule has 0 unspecified atom stereocenters. The first-order valence-corrected chi connectivity index (χ1v) is 7.23. The highest BCUT2D eigenvalue weighted by Gasteiger charge is 2.16. The van der Waals surface area contributed by atoms with Crippen molar-refractivity contribution < 1.29 is 0 Å². The number of anilines is 1. The van der Waals surface area contributed by atoms with Crippen LogP contribution in [0.3, 0.4) is 0 Å². The molecule has 5 nitrogen and oxygen atoms in total. The van der Waals surface area contributed by atoms with Crippen molar-refractivity contribution in [3.63, 3.8) is 0 Å². The number of rotatable bonds is 4. The minimum Gasteiger partial charge on any atom is -0.370 e. The van der Waals surface area contributed by atoms with Gasteiger partial charge in [-0.15, -0.1) is 0 Å². The van der Waals surface area contributed by atoms with Crippen molar-refractivity contribution in [1.29, 1.82) is 0 Å². The number of hydrogen-bond donors (Lipinski definition) is 1. The van der Waals surface area contributed by atoms with Crippen LogP contribution in [0, 0.1) is 12.8 Å². The first-order chi connectivity index (χ1) is 9.25. The number of halogens is 1. The molecule has 1 N–H and O–H groups in total. The zero-order valence-corrected chi connectivity index (χ0v) is 11.8. The molecule has 2 aromatic heterocycles. The van der Waals surface area contributed by atoms with Crippen LogP contribution >= 0.6 is 11.6 Å². The summed E-state index contributed by atoms with van der Waals surface area (Å²) in [5.41, 5.74) is 0.922. The van der Waals surface area contributed by atoms with Gasteiger partial charge in [0.1, 0.15) is 17.3 Å². The monoisotopic (exact) mass is 279 g/mol. The lowest BCUT2D eigenvalue weighted by atomic mass is 10.0. The topological polar surface area (TPSA) is 55.1 Å². The number of aromatic nitrogens is 4. The third-order valence-corrected chi connectivity index (χ3v) is 4.29. The van der Waals surface area contributed by atoms with Crippen LogP contribution in [0.25, 0.3) is 5.78 Å². The van der Waals surface area contributed by atoms with Crippen LogP contribution in [0.2, 0.25) is 5.15 Å². The molecule has 2 aromatic rings. The molecule has 6 heteroatoms. The van der Waals surface area contributed by atoms with Gasteiger partial charge in [0.05, 0.1) is 0 Å². The minimum atomic E-state index is 0.490. The van der Waals surface area contributed by atoms with Crippen LogP contribution < -0.4 is 5.32 Å². The molecule has 0 saturated heterocycles. The third-order valence-electron chi connectivity index (χ3n) is 3.92. The third kappa shape index (κ3) is 2.52. The molecular formula is C13H18ClN5.